The van der Waals surface area contributed by atoms with E-state index in [2.05, 4.69) is 5.10 Å². The Morgan fingerprint density at radius 3 is 2.75 bits per heavy atom. The van der Waals surface area contributed by atoms with Crippen LogP contribution >= 0.6 is 0 Å². The molecule has 1 aromatic heterocycles. The number of aromatic nitrogens is 2. The maximum absolute atomic E-state index is 11.7. The highest BCUT2D eigenvalue weighted by molar-refractivity contribution is 6.02. The summed E-state index contributed by atoms with van der Waals surface area (Å²) in [5, 5.41) is 17.4. The standard InChI is InChI=1S/C12H9N3O/c13-8-5-6-9-10-3-1-2-4-12(10)15(16)14-11(9)7-8/h1-7H,13H2. The summed E-state index contributed by atoms with van der Waals surface area (Å²) in [5.74, 6) is 0. The molecule has 0 saturated heterocycles. The number of rotatable bonds is 0. The Bertz CT molecular complexity index is 694. The number of benzene rings is 2. The molecule has 0 aliphatic carbocycles. The molecule has 4 nitrogen and oxygen atoms in total. The summed E-state index contributed by atoms with van der Waals surface area (Å²) in [5.41, 5.74) is 7.46. The smallest absolute Gasteiger partial charge is 0.252 e. The lowest BCUT2D eigenvalue weighted by molar-refractivity contribution is -0.639. The molecule has 16 heavy (non-hydrogen) atoms. The fourth-order valence-electron chi connectivity index (χ4n) is 1.88. The molecule has 0 aliphatic heterocycles. The van der Waals surface area contributed by atoms with E-state index < -0.39 is 0 Å². The van der Waals surface area contributed by atoms with E-state index >= 15 is 0 Å². The van der Waals surface area contributed by atoms with Crippen molar-refractivity contribution in [3.63, 3.8) is 0 Å². The van der Waals surface area contributed by atoms with Crippen LogP contribution in [-0.2, 0) is 0 Å². The highest BCUT2D eigenvalue weighted by Crippen LogP contribution is 2.22. The van der Waals surface area contributed by atoms with Crippen molar-refractivity contribution in [3.8, 4) is 0 Å². The molecular weight excluding hydrogens is 202 g/mol. The van der Waals surface area contributed by atoms with Gasteiger partial charge in [-0.3, -0.25) is 0 Å². The van der Waals surface area contributed by atoms with E-state index in [-0.39, 0.29) is 0 Å². The molecule has 0 spiro atoms. The first-order chi connectivity index (χ1) is 7.75. The maximum atomic E-state index is 11.7. The molecule has 0 radical (unpaired) electrons. The molecule has 2 aromatic carbocycles. The molecule has 0 fully saturated rings. The predicted molar refractivity (Wildman–Crippen MR) is 62.6 cm³/mol. The normalized spacial score (nSPS) is 11.0. The Hall–Kier alpha value is -2.36. The van der Waals surface area contributed by atoms with Crippen molar-refractivity contribution in [2.24, 2.45) is 0 Å². The van der Waals surface area contributed by atoms with Gasteiger partial charge in [0, 0.05) is 22.2 Å². The van der Waals surface area contributed by atoms with Crippen molar-refractivity contribution in [1.82, 2.24) is 5.10 Å². The van der Waals surface area contributed by atoms with Crippen LogP contribution in [0, 0.1) is 5.21 Å². The zero-order valence-electron chi connectivity index (χ0n) is 8.42. The first-order valence-corrected chi connectivity index (χ1v) is 4.93. The number of anilines is 1. The van der Waals surface area contributed by atoms with Crippen LogP contribution in [0.25, 0.3) is 21.8 Å². The van der Waals surface area contributed by atoms with Crippen LogP contribution in [-0.4, -0.2) is 5.10 Å². The molecular formula is C12H9N3O. The van der Waals surface area contributed by atoms with Crippen LogP contribution in [0.5, 0.6) is 0 Å². The topological polar surface area (TPSA) is 65.8 Å². The number of hydrogen-bond acceptors (Lipinski definition) is 3. The van der Waals surface area contributed by atoms with E-state index in [1.165, 1.54) is 0 Å². The Morgan fingerprint density at radius 1 is 1.06 bits per heavy atom. The summed E-state index contributed by atoms with van der Waals surface area (Å²) in [6, 6.07) is 12.8. The van der Waals surface area contributed by atoms with Gasteiger partial charge in [0.2, 0.25) is 0 Å². The van der Waals surface area contributed by atoms with Gasteiger partial charge in [-0.05, 0) is 29.1 Å². The minimum absolute atomic E-state index is 0.569. The zero-order chi connectivity index (χ0) is 11.1. The molecule has 0 bridgehead atoms. The lowest BCUT2D eigenvalue weighted by atomic mass is 10.1. The van der Waals surface area contributed by atoms with Crippen LogP contribution in [0.4, 0.5) is 5.69 Å². The second kappa shape index (κ2) is 3.06. The van der Waals surface area contributed by atoms with E-state index in [9.17, 15) is 5.21 Å². The SMILES string of the molecule is Nc1ccc2c(c1)n[n+]([O-])c1ccccc21. The van der Waals surface area contributed by atoms with E-state index in [0.29, 0.717) is 21.6 Å². The van der Waals surface area contributed by atoms with Gasteiger partial charge in [-0.25, -0.2) is 0 Å². The molecule has 2 N–H and O–H groups in total. The summed E-state index contributed by atoms with van der Waals surface area (Å²) in [7, 11) is 0. The van der Waals surface area contributed by atoms with Gasteiger partial charge in [-0.2, -0.15) is 0 Å². The van der Waals surface area contributed by atoms with Gasteiger partial charge in [0.05, 0.1) is 5.39 Å². The highest BCUT2D eigenvalue weighted by Gasteiger charge is 2.10. The molecule has 0 atom stereocenters. The average molecular weight is 211 g/mol. The number of nitrogens with two attached hydrogens (primary N) is 1. The number of para-hydroxylation sites is 1. The third kappa shape index (κ3) is 1.16. The van der Waals surface area contributed by atoms with Crippen LogP contribution in [0.15, 0.2) is 42.5 Å². The maximum Gasteiger partial charge on any atom is 0.252 e. The molecule has 3 aromatic rings. The molecule has 0 unspecified atom stereocenters. The quantitative estimate of drug-likeness (QED) is 0.266. The number of nitrogen functional groups attached to an aromatic ring is 1. The van der Waals surface area contributed by atoms with Crippen LogP contribution in [0.1, 0.15) is 0 Å². The number of nitrogens with zero attached hydrogens (tertiary/aromatic N) is 2. The summed E-state index contributed by atoms with van der Waals surface area (Å²) in [6.45, 7) is 0. The van der Waals surface area contributed by atoms with E-state index in [1.807, 2.05) is 30.3 Å². The van der Waals surface area contributed by atoms with Crippen LogP contribution in [0.3, 0.4) is 0 Å². The molecule has 78 valence electrons. The molecule has 0 saturated carbocycles. The van der Waals surface area contributed by atoms with Gasteiger partial charge < -0.3 is 10.9 Å². The van der Waals surface area contributed by atoms with Gasteiger partial charge in [0.1, 0.15) is 5.52 Å². The Kier molecular flexibility index (Phi) is 1.71. The average Bonchev–Trinajstić information content (AvgIpc) is 2.29. The summed E-state index contributed by atoms with van der Waals surface area (Å²) >= 11 is 0. The third-order valence-corrected chi connectivity index (χ3v) is 2.62. The van der Waals surface area contributed by atoms with Crippen molar-refractivity contribution in [3.05, 3.63) is 47.7 Å². The first kappa shape index (κ1) is 8.91. The zero-order valence-corrected chi connectivity index (χ0v) is 8.42. The first-order valence-electron chi connectivity index (χ1n) is 4.93. The van der Waals surface area contributed by atoms with Crippen LogP contribution in [0.2, 0.25) is 0 Å². The molecule has 0 aliphatic rings. The number of fused-ring (bicyclic) bond motifs is 3. The largest absolute Gasteiger partial charge is 0.594 e. The lowest BCUT2D eigenvalue weighted by Gasteiger charge is -2.03. The monoisotopic (exact) mass is 211 g/mol. The second-order valence-corrected chi connectivity index (χ2v) is 3.67. The fraction of sp³-hybridized carbons (Fsp3) is 0. The second-order valence-electron chi connectivity index (χ2n) is 3.67. The van der Waals surface area contributed by atoms with Crippen molar-refractivity contribution in [1.29, 1.82) is 0 Å². The Morgan fingerprint density at radius 2 is 1.88 bits per heavy atom. The van der Waals surface area contributed by atoms with Gasteiger partial charge in [-0.1, -0.05) is 12.1 Å². The van der Waals surface area contributed by atoms with Crippen molar-refractivity contribution < 1.29 is 4.85 Å². The van der Waals surface area contributed by atoms with Crippen molar-refractivity contribution in [2.75, 3.05) is 5.73 Å². The molecule has 3 rings (SSSR count). The van der Waals surface area contributed by atoms with E-state index in [4.69, 9.17) is 5.73 Å². The fourth-order valence-corrected chi connectivity index (χ4v) is 1.88. The van der Waals surface area contributed by atoms with Gasteiger partial charge >= 0.3 is 0 Å². The predicted octanol–water partition coefficient (Wildman–Crippen LogP) is 1.60. The minimum atomic E-state index is 0.569. The third-order valence-electron chi connectivity index (χ3n) is 2.62. The van der Waals surface area contributed by atoms with Crippen LogP contribution < -0.4 is 10.6 Å². The molecule has 1 heterocycles. The Balaban J connectivity index is 2.59. The van der Waals surface area contributed by atoms with Crippen molar-refractivity contribution >= 4 is 27.5 Å². The van der Waals surface area contributed by atoms with Gasteiger partial charge in [0.25, 0.3) is 5.52 Å². The number of hydrogen-bond donors (Lipinski definition) is 1. The lowest BCUT2D eigenvalue weighted by Crippen LogP contribution is -2.31. The minimum Gasteiger partial charge on any atom is -0.594 e. The summed E-state index contributed by atoms with van der Waals surface area (Å²) < 4.78 is 0. The van der Waals surface area contributed by atoms with Gasteiger partial charge in [0.15, 0.2) is 0 Å². The molecule has 0 amide bonds. The summed E-state index contributed by atoms with van der Waals surface area (Å²) in [4.78, 5) is 0.636. The summed E-state index contributed by atoms with van der Waals surface area (Å²) in [6.07, 6.45) is 0. The van der Waals surface area contributed by atoms with Crippen molar-refractivity contribution in [2.45, 2.75) is 0 Å². The van der Waals surface area contributed by atoms with E-state index in [0.717, 1.165) is 10.8 Å². The van der Waals surface area contributed by atoms with Gasteiger partial charge in [-0.15, -0.1) is 0 Å². The highest BCUT2D eigenvalue weighted by atomic mass is 16.5. The van der Waals surface area contributed by atoms with E-state index in [1.54, 1.807) is 12.1 Å². The Labute approximate surface area is 91.5 Å². The molecule has 4 heteroatoms.